The van der Waals surface area contributed by atoms with Crippen molar-refractivity contribution in [3.63, 3.8) is 0 Å². The zero-order valence-electron chi connectivity index (χ0n) is 12.5. The summed E-state index contributed by atoms with van der Waals surface area (Å²) in [7, 11) is 0. The quantitative estimate of drug-likeness (QED) is 0.492. The van der Waals surface area contributed by atoms with Gasteiger partial charge >= 0.3 is 0 Å². The van der Waals surface area contributed by atoms with Crippen molar-refractivity contribution in [2.45, 2.75) is 11.7 Å². The van der Waals surface area contributed by atoms with Crippen LogP contribution in [0.2, 0.25) is 5.02 Å². The summed E-state index contributed by atoms with van der Waals surface area (Å²) in [5, 5.41) is 10.4. The van der Waals surface area contributed by atoms with Gasteiger partial charge in [-0.15, -0.1) is 0 Å². The van der Waals surface area contributed by atoms with E-state index in [9.17, 15) is 14.7 Å². The van der Waals surface area contributed by atoms with Crippen molar-refractivity contribution in [1.82, 2.24) is 4.98 Å². The number of thiol groups is 1. The largest absolute Gasteiger partial charge is 0.506 e. The second-order valence-electron chi connectivity index (χ2n) is 5.44. The number of hydrogen-bond donors (Lipinski definition) is 3. The molecule has 1 heterocycles. The molecule has 2 N–H and O–H groups in total. The number of aromatic nitrogens is 1. The standard InChI is InChI=1S/C18H14ClNO3S/c19-11-6-7-12-13(9-11)20-18(23)15(16(12)21)17(22)14(24)8-10-4-2-1-3-5-10/h1-7,9,14,24H,8H2,(H2,20,21,23). The summed E-state index contributed by atoms with van der Waals surface area (Å²) < 4.78 is 0. The molecule has 1 aromatic heterocycles. The van der Waals surface area contributed by atoms with Crippen LogP contribution in [0.3, 0.4) is 0 Å². The highest BCUT2D eigenvalue weighted by atomic mass is 35.5. The molecule has 0 saturated heterocycles. The van der Waals surface area contributed by atoms with Crippen LogP contribution < -0.4 is 5.56 Å². The van der Waals surface area contributed by atoms with Gasteiger partial charge in [0.25, 0.3) is 5.56 Å². The van der Waals surface area contributed by atoms with Crippen LogP contribution in [0.25, 0.3) is 10.9 Å². The van der Waals surface area contributed by atoms with E-state index in [1.807, 2.05) is 30.3 Å². The zero-order valence-corrected chi connectivity index (χ0v) is 14.1. The molecule has 0 aliphatic rings. The third-order valence-electron chi connectivity index (χ3n) is 3.77. The number of aromatic amines is 1. The molecule has 0 amide bonds. The summed E-state index contributed by atoms with van der Waals surface area (Å²) >= 11 is 10.2. The summed E-state index contributed by atoms with van der Waals surface area (Å²) in [6.07, 6.45) is 0.361. The lowest BCUT2D eigenvalue weighted by Gasteiger charge is -2.12. The lowest BCUT2D eigenvalue weighted by atomic mass is 10.0. The van der Waals surface area contributed by atoms with Gasteiger partial charge in [-0.05, 0) is 30.2 Å². The molecule has 1 atom stereocenters. The first-order valence-corrected chi connectivity index (χ1v) is 8.17. The molecule has 0 aliphatic heterocycles. The molecule has 122 valence electrons. The monoisotopic (exact) mass is 359 g/mol. The Morgan fingerprint density at radius 2 is 1.92 bits per heavy atom. The highest BCUT2D eigenvalue weighted by Crippen LogP contribution is 2.28. The van der Waals surface area contributed by atoms with E-state index < -0.39 is 16.6 Å². The van der Waals surface area contributed by atoms with Gasteiger partial charge in [0.05, 0.1) is 10.8 Å². The second-order valence-corrected chi connectivity index (χ2v) is 6.50. The van der Waals surface area contributed by atoms with Crippen LogP contribution in [0.5, 0.6) is 5.75 Å². The van der Waals surface area contributed by atoms with Gasteiger partial charge in [0.15, 0.2) is 5.78 Å². The number of fused-ring (bicyclic) bond motifs is 1. The van der Waals surface area contributed by atoms with E-state index in [4.69, 9.17) is 11.6 Å². The van der Waals surface area contributed by atoms with E-state index in [1.54, 1.807) is 12.1 Å². The van der Waals surface area contributed by atoms with Crippen LogP contribution in [0, 0.1) is 0 Å². The van der Waals surface area contributed by atoms with Crippen molar-refractivity contribution in [2.75, 3.05) is 0 Å². The number of ketones is 1. The number of H-pyrrole nitrogens is 1. The first-order chi connectivity index (χ1) is 11.5. The van der Waals surface area contributed by atoms with Crippen molar-refractivity contribution in [2.24, 2.45) is 0 Å². The van der Waals surface area contributed by atoms with Gasteiger partial charge in [0.2, 0.25) is 0 Å². The fourth-order valence-electron chi connectivity index (χ4n) is 2.58. The van der Waals surface area contributed by atoms with Crippen LogP contribution >= 0.6 is 24.2 Å². The summed E-state index contributed by atoms with van der Waals surface area (Å²) in [4.78, 5) is 27.5. The van der Waals surface area contributed by atoms with Gasteiger partial charge in [-0.2, -0.15) is 12.6 Å². The number of benzene rings is 2. The van der Waals surface area contributed by atoms with Gasteiger partial charge in [0, 0.05) is 10.4 Å². The van der Waals surface area contributed by atoms with Crippen molar-refractivity contribution in [3.8, 4) is 5.75 Å². The number of pyridine rings is 1. The summed E-state index contributed by atoms with van der Waals surface area (Å²) in [5.74, 6) is -0.861. The number of Topliss-reactive ketones (excluding diaryl/α,β-unsaturated/α-hetero) is 1. The average Bonchev–Trinajstić information content (AvgIpc) is 2.55. The van der Waals surface area contributed by atoms with Gasteiger partial charge in [-0.25, -0.2) is 0 Å². The molecule has 0 bridgehead atoms. The van der Waals surface area contributed by atoms with Gasteiger partial charge in [-0.3, -0.25) is 9.59 Å². The minimum absolute atomic E-state index is 0.277. The van der Waals surface area contributed by atoms with Crippen LogP contribution in [-0.4, -0.2) is 21.1 Å². The first-order valence-electron chi connectivity index (χ1n) is 7.28. The van der Waals surface area contributed by atoms with Gasteiger partial charge in [-0.1, -0.05) is 41.9 Å². The SMILES string of the molecule is O=C(c1c(O)c2ccc(Cl)cc2[nH]c1=O)C(S)Cc1ccccc1. The smallest absolute Gasteiger partial charge is 0.263 e. The molecule has 3 rings (SSSR count). The molecule has 0 saturated carbocycles. The average molecular weight is 360 g/mol. The van der Waals surface area contributed by atoms with Crippen LogP contribution in [0.15, 0.2) is 53.3 Å². The maximum absolute atomic E-state index is 12.6. The summed E-state index contributed by atoms with van der Waals surface area (Å²) in [6.45, 7) is 0. The van der Waals surface area contributed by atoms with Crippen molar-refractivity contribution in [3.05, 3.63) is 75.0 Å². The topological polar surface area (TPSA) is 70.2 Å². The Bertz CT molecular complexity index is 969. The minimum atomic E-state index is -0.732. The normalized spacial score (nSPS) is 12.2. The van der Waals surface area contributed by atoms with Crippen LogP contribution in [0.4, 0.5) is 0 Å². The highest BCUT2D eigenvalue weighted by Gasteiger charge is 2.24. The minimum Gasteiger partial charge on any atom is -0.506 e. The zero-order chi connectivity index (χ0) is 17.3. The number of nitrogens with one attached hydrogen (secondary N) is 1. The number of rotatable bonds is 4. The number of hydrogen-bond acceptors (Lipinski definition) is 4. The Kier molecular flexibility index (Phi) is 4.64. The lowest BCUT2D eigenvalue weighted by molar-refractivity contribution is 0.0986. The molecule has 0 spiro atoms. The number of carbonyl (C=O) groups is 1. The predicted molar refractivity (Wildman–Crippen MR) is 98.5 cm³/mol. The first kappa shape index (κ1) is 16.6. The van der Waals surface area contributed by atoms with Crippen molar-refractivity contribution in [1.29, 1.82) is 0 Å². The second kappa shape index (κ2) is 6.71. The molecule has 0 aliphatic carbocycles. The molecule has 0 fully saturated rings. The molecule has 24 heavy (non-hydrogen) atoms. The molecule has 2 aromatic carbocycles. The summed E-state index contributed by atoms with van der Waals surface area (Å²) in [6, 6.07) is 14.0. The van der Waals surface area contributed by atoms with E-state index in [0.29, 0.717) is 22.3 Å². The number of carbonyl (C=O) groups excluding carboxylic acids is 1. The van der Waals surface area contributed by atoms with E-state index in [0.717, 1.165) is 5.56 Å². The molecule has 3 aromatic rings. The van der Waals surface area contributed by atoms with Crippen LogP contribution in [0.1, 0.15) is 15.9 Å². The van der Waals surface area contributed by atoms with E-state index in [2.05, 4.69) is 17.6 Å². The highest BCUT2D eigenvalue weighted by molar-refractivity contribution is 7.81. The molecular weight excluding hydrogens is 346 g/mol. The molecule has 1 unspecified atom stereocenters. The Morgan fingerprint density at radius 3 is 2.62 bits per heavy atom. The third kappa shape index (κ3) is 3.18. The molecule has 4 nitrogen and oxygen atoms in total. The van der Waals surface area contributed by atoms with Crippen molar-refractivity contribution < 1.29 is 9.90 Å². The summed E-state index contributed by atoms with van der Waals surface area (Å²) in [5.41, 5.74) is 0.370. The third-order valence-corrected chi connectivity index (χ3v) is 4.42. The van der Waals surface area contributed by atoms with E-state index >= 15 is 0 Å². The fourth-order valence-corrected chi connectivity index (χ4v) is 3.09. The Hall–Kier alpha value is -2.24. The maximum atomic E-state index is 12.6. The Labute approximate surface area is 148 Å². The van der Waals surface area contributed by atoms with Gasteiger partial charge < -0.3 is 10.1 Å². The number of aromatic hydroxyl groups is 1. The Morgan fingerprint density at radius 1 is 1.21 bits per heavy atom. The van der Waals surface area contributed by atoms with Gasteiger partial charge in [0.1, 0.15) is 11.3 Å². The Balaban J connectivity index is 2.00. The number of halogens is 1. The van der Waals surface area contributed by atoms with E-state index in [1.165, 1.54) is 6.07 Å². The van der Waals surface area contributed by atoms with E-state index in [-0.39, 0.29) is 11.3 Å². The predicted octanol–water partition coefficient (Wildman–Crippen LogP) is 3.61. The van der Waals surface area contributed by atoms with Crippen LogP contribution in [-0.2, 0) is 6.42 Å². The molecule has 6 heteroatoms. The molecule has 0 radical (unpaired) electrons. The maximum Gasteiger partial charge on any atom is 0.263 e. The van der Waals surface area contributed by atoms with Crippen molar-refractivity contribution >= 4 is 40.9 Å². The fraction of sp³-hybridized carbons (Fsp3) is 0.111. The molecular formula is C18H14ClNO3S. The lowest BCUT2D eigenvalue weighted by Crippen LogP contribution is -2.26.